The van der Waals surface area contributed by atoms with Gasteiger partial charge in [-0.2, -0.15) is 0 Å². The number of fused-ring (bicyclic) bond motifs is 2. The van der Waals surface area contributed by atoms with Crippen LogP contribution in [0.1, 0.15) is 6.92 Å². The maximum absolute atomic E-state index is 11.8. The third-order valence-electron chi connectivity index (χ3n) is 3.30. The Labute approximate surface area is 137 Å². The number of halogens is 2. The van der Waals surface area contributed by atoms with Gasteiger partial charge in [-0.05, 0) is 35.9 Å². The number of hydrogen-bond acceptors (Lipinski definition) is 3. The van der Waals surface area contributed by atoms with Crippen molar-refractivity contribution >= 4 is 50.9 Å². The SMILES string of the molecule is CCOC(=O)Oc1c2c(Cl)cccc2cc2cccc(Cl)c12. The molecule has 0 unspecified atom stereocenters. The molecule has 3 aromatic carbocycles. The Morgan fingerprint density at radius 3 is 2.05 bits per heavy atom. The van der Waals surface area contributed by atoms with Gasteiger partial charge in [-0.25, -0.2) is 4.79 Å². The van der Waals surface area contributed by atoms with E-state index < -0.39 is 6.16 Å². The molecule has 0 aliphatic rings. The molecule has 0 saturated heterocycles. The van der Waals surface area contributed by atoms with Gasteiger partial charge in [0.2, 0.25) is 0 Å². The van der Waals surface area contributed by atoms with Crippen molar-refractivity contribution in [2.75, 3.05) is 6.61 Å². The molecule has 0 amide bonds. The zero-order chi connectivity index (χ0) is 15.7. The number of carbonyl (C=O) groups excluding carboxylic acids is 1. The maximum atomic E-state index is 11.8. The summed E-state index contributed by atoms with van der Waals surface area (Å²) in [5, 5.41) is 3.97. The molecular formula is C17H12Cl2O3. The molecule has 0 N–H and O–H groups in total. The minimum atomic E-state index is -0.781. The van der Waals surface area contributed by atoms with E-state index in [2.05, 4.69) is 0 Å². The molecule has 0 fully saturated rings. The summed E-state index contributed by atoms with van der Waals surface area (Å²) in [5.41, 5.74) is 0. The summed E-state index contributed by atoms with van der Waals surface area (Å²) < 4.78 is 10.3. The Kier molecular flexibility index (Phi) is 4.10. The lowest BCUT2D eigenvalue weighted by atomic mass is 10.0. The summed E-state index contributed by atoms with van der Waals surface area (Å²) in [4.78, 5) is 11.8. The van der Waals surface area contributed by atoms with Crippen LogP contribution in [0.5, 0.6) is 5.75 Å². The molecule has 0 radical (unpaired) electrons. The number of hydrogen-bond donors (Lipinski definition) is 0. The second-order valence-electron chi connectivity index (χ2n) is 4.67. The van der Waals surface area contributed by atoms with E-state index in [0.29, 0.717) is 26.6 Å². The number of rotatable bonds is 2. The van der Waals surface area contributed by atoms with Crippen LogP contribution in [-0.2, 0) is 4.74 Å². The van der Waals surface area contributed by atoms with Gasteiger partial charge in [0.15, 0.2) is 5.75 Å². The molecule has 3 rings (SSSR count). The number of carbonyl (C=O) groups is 1. The predicted octanol–water partition coefficient (Wildman–Crippen LogP) is 5.84. The van der Waals surface area contributed by atoms with Gasteiger partial charge < -0.3 is 9.47 Å². The van der Waals surface area contributed by atoms with Crippen molar-refractivity contribution in [3.8, 4) is 5.75 Å². The third-order valence-corrected chi connectivity index (χ3v) is 3.93. The highest BCUT2D eigenvalue weighted by molar-refractivity contribution is 6.39. The molecule has 0 bridgehead atoms. The predicted molar refractivity (Wildman–Crippen MR) is 89.1 cm³/mol. The van der Waals surface area contributed by atoms with Crippen molar-refractivity contribution in [2.45, 2.75) is 6.92 Å². The topological polar surface area (TPSA) is 35.5 Å². The highest BCUT2D eigenvalue weighted by Crippen LogP contribution is 2.41. The molecule has 3 aromatic rings. The average molecular weight is 335 g/mol. The van der Waals surface area contributed by atoms with Gasteiger partial charge >= 0.3 is 6.16 Å². The van der Waals surface area contributed by atoms with E-state index in [-0.39, 0.29) is 6.61 Å². The molecule has 0 aliphatic heterocycles. The monoisotopic (exact) mass is 334 g/mol. The summed E-state index contributed by atoms with van der Waals surface area (Å²) in [6, 6.07) is 12.9. The van der Waals surface area contributed by atoms with Gasteiger partial charge in [0.25, 0.3) is 0 Å². The zero-order valence-corrected chi connectivity index (χ0v) is 13.2. The Morgan fingerprint density at radius 2 is 1.55 bits per heavy atom. The van der Waals surface area contributed by atoms with Crippen molar-refractivity contribution in [1.29, 1.82) is 0 Å². The Morgan fingerprint density at radius 1 is 1.00 bits per heavy atom. The number of ether oxygens (including phenoxy) is 2. The lowest BCUT2D eigenvalue weighted by Gasteiger charge is -2.13. The average Bonchev–Trinajstić information content (AvgIpc) is 2.47. The van der Waals surface area contributed by atoms with E-state index in [1.165, 1.54) is 0 Å². The van der Waals surface area contributed by atoms with Crippen molar-refractivity contribution in [1.82, 2.24) is 0 Å². The van der Waals surface area contributed by atoms with E-state index in [1.54, 1.807) is 19.1 Å². The van der Waals surface area contributed by atoms with Gasteiger partial charge in [0.1, 0.15) is 0 Å². The molecule has 0 atom stereocenters. The minimum absolute atomic E-state index is 0.225. The van der Waals surface area contributed by atoms with Gasteiger partial charge in [0, 0.05) is 10.8 Å². The van der Waals surface area contributed by atoms with E-state index in [4.69, 9.17) is 32.7 Å². The number of benzene rings is 3. The Bertz CT molecular complexity index is 815. The molecule has 22 heavy (non-hydrogen) atoms. The van der Waals surface area contributed by atoms with Gasteiger partial charge in [0.05, 0.1) is 16.7 Å². The zero-order valence-electron chi connectivity index (χ0n) is 11.7. The van der Waals surface area contributed by atoms with E-state index in [1.807, 2.05) is 30.3 Å². The summed E-state index contributed by atoms with van der Waals surface area (Å²) in [6.07, 6.45) is -0.781. The molecule has 5 heteroatoms. The molecule has 3 nitrogen and oxygen atoms in total. The fourth-order valence-corrected chi connectivity index (χ4v) is 2.96. The van der Waals surface area contributed by atoms with Gasteiger partial charge in [-0.1, -0.05) is 47.5 Å². The first-order valence-corrected chi connectivity index (χ1v) is 7.51. The highest BCUT2D eigenvalue weighted by atomic mass is 35.5. The molecule has 0 heterocycles. The second kappa shape index (κ2) is 6.03. The molecule has 0 spiro atoms. The lowest BCUT2D eigenvalue weighted by molar-refractivity contribution is 0.105. The van der Waals surface area contributed by atoms with Crippen LogP contribution in [0.4, 0.5) is 4.79 Å². The first kappa shape index (κ1) is 14.9. The van der Waals surface area contributed by atoms with Crippen molar-refractivity contribution in [3.05, 3.63) is 52.5 Å². The van der Waals surface area contributed by atoms with E-state index >= 15 is 0 Å². The van der Waals surface area contributed by atoms with Crippen LogP contribution in [0.25, 0.3) is 21.5 Å². The van der Waals surface area contributed by atoms with Crippen LogP contribution in [0.2, 0.25) is 10.0 Å². The lowest BCUT2D eigenvalue weighted by Crippen LogP contribution is -2.10. The van der Waals surface area contributed by atoms with Crippen LogP contribution >= 0.6 is 23.2 Å². The van der Waals surface area contributed by atoms with Crippen molar-refractivity contribution < 1.29 is 14.3 Å². The molecule has 0 aliphatic carbocycles. The quantitative estimate of drug-likeness (QED) is 0.335. The third kappa shape index (κ3) is 2.58. The first-order chi connectivity index (χ1) is 10.6. The van der Waals surface area contributed by atoms with Crippen molar-refractivity contribution in [2.24, 2.45) is 0 Å². The Hall–Kier alpha value is -1.97. The molecule has 112 valence electrons. The summed E-state index contributed by atoms with van der Waals surface area (Å²) in [6.45, 7) is 1.94. The van der Waals surface area contributed by atoms with Crippen LogP contribution in [0.15, 0.2) is 42.5 Å². The first-order valence-electron chi connectivity index (χ1n) is 6.76. The summed E-state index contributed by atoms with van der Waals surface area (Å²) >= 11 is 12.6. The van der Waals surface area contributed by atoms with Gasteiger partial charge in [-0.3, -0.25) is 0 Å². The Balaban J connectivity index is 2.37. The van der Waals surface area contributed by atoms with E-state index in [9.17, 15) is 4.79 Å². The standard InChI is InChI=1S/C17H12Cl2O3/c1-2-21-17(20)22-16-14-10(5-3-7-12(14)18)9-11-6-4-8-13(19)15(11)16/h3-9H,2H2,1H3. The minimum Gasteiger partial charge on any atom is -0.434 e. The highest BCUT2D eigenvalue weighted by Gasteiger charge is 2.17. The fourth-order valence-electron chi connectivity index (χ4n) is 2.43. The van der Waals surface area contributed by atoms with Gasteiger partial charge in [-0.15, -0.1) is 0 Å². The normalized spacial score (nSPS) is 10.9. The molecule has 0 saturated carbocycles. The smallest absolute Gasteiger partial charge is 0.434 e. The van der Waals surface area contributed by atoms with Crippen LogP contribution in [0.3, 0.4) is 0 Å². The second-order valence-corrected chi connectivity index (χ2v) is 5.48. The largest absolute Gasteiger partial charge is 0.513 e. The molecule has 0 aromatic heterocycles. The van der Waals surface area contributed by atoms with Crippen LogP contribution in [-0.4, -0.2) is 12.8 Å². The van der Waals surface area contributed by atoms with Crippen LogP contribution < -0.4 is 4.74 Å². The molecular weight excluding hydrogens is 323 g/mol. The fraction of sp³-hybridized carbons (Fsp3) is 0.118. The van der Waals surface area contributed by atoms with Crippen molar-refractivity contribution in [3.63, 3.8) is 0 Å². The summed E-state index contributed by atoms with van der Waals surface area (Å²) in [7, 11) is 0. The maximum Gasteiger partial charge on any atom is 0.513 e. The van der Waals surface area contributed by atoms with Crippen LogP contribution in [0, 0.1) is 0 Å². The van der Waals surface area contributed by atoms with E-state index in [0.717, 1.165) is 10.8 Å². The summed E-state index contributed by atoms with van der Waals surface area (Å²) in [5.74, 6) is 0.321.